The highest BCUT2D eigenvalue weighted by atomic mass is 16.5. The maximum atomic E-state index is 13.0. The van der Waals surface area contributed by atoms with Gasteiger partial charge in [-0.05, 0) is 49.1 Å². The van der Waals surface area contributed by atoms with Gasteiger partial charge in [-0.25, -0.2) is 4.79 Å². The summed E-state index contributed by atoms with van der Waals surface area (Å²) < 4.78 is 5.47. The lowest BCUT2D eigenvalue weighted by Gasteiger charge is -2.40. The number of nitrogens with one attached hydrogen (secondary N) is 2. The monoisotopic (exact) mass is 365 g/mol. The molecule has 0 bridgehead atoms. The number of rotatable bonds is 3. The summed E-state index contributed by atoms with van der Waals surface area (Å²) in [5.41, 5.74) is 3.14. The molecule has 2 amide bonds. The van der Waals surface area contributed by atoms with Crippen LogP contribution >= 0.6 is 0 Å². The molecule has 27 heavy (non-hydrogen) atoms. The molecule has 1 atom stereocenters. The molecule has 0 saturated carbocycles. The van der Waals surface area contributed by atoms with Gasteiger partial charge < -0.3 is 20.3 Å². The average Bonchev–Trinajstić information content (AvgIpc) is 3.16. The van der Waals surface area contributed by atoms with E-state index >= 15 is 0 Å². The van der Waals surface area contributed by atoms with Crippen molar-refractivity contribution in [2.75, 3.05) is 38.6 Å². The largest absolute Gasteiger partial charge is 0.495 e. The number of urea groups is 1. The number of hydrogen-bond acceptors (Lipinski definition) is 3. The van der Waals surface area contributed by atoms with E-state index in [-0.39, 0.29) is 11.4 Å². The first-order valence-corrected chi connectivity index (χ1v) is 9.69. The fourth-order valence-electron chi connectivity index (χ4n) is 4.34. The topological polar surface area (TPSA) is 53.6 Å². The molecule has 1 spiro atoms. The van der Waals surface area contributed by atoms with Crippen LogP contribution in [0.25, 0.3) is 11.1 Å². The third-order valence-electron chi connectivity index (χ3n) is 5.83. The zero-order chi connectivity index (χ0) is 18.7. The highest BCUT2D eigenvalue weighted by molar-refractivity contribution is 5.92. The Balaban J connectivity index is 1.53. The Kier molecular flexibility index (Phi) is 5.03. The molecule has 0 aliphatic carbocycles. The van der Waals surface area contributed by atoms with Crippen LogP contribution in [0.15, 0.2) is 48.5 Å². The Morgan fingerprint density at radius 2 is 2.00 bits per heavy atom. The normalized spacial score (nSPS) is 22.0. The number of ether oxygens (including phenoxy) is 1. The third kappa shape index (κ3) is 3.78. The van der Waals surface area contributed by atoms with Crippen molar-refractivity contribution in [3.63, 3.8) is 0 Å². The summed E-state index contributed by atoms with van der Waals surface area (Å²) in [5, 5.41) is 6.55. The van der Waals surface area contributed by atoms with Crippen molar-refractivity contribution >= 4 is 11.7 Å². The van der Waals surface area contributed by atoms with E-state index in [0.29, 0.717) is 11.4 Å². The number of anilines is 1. The first-order valence-electron chi connectivity index (χ1n) is 9.69. The number of carbonyl (C=O) groups is 1. The van der Waals surface area contributed by atoms with Gasteiger partial charge in [0.1, 0.15) is 5.75 Å². The lowest BCUT2D eigenvalue weighted by atomic mass is 9.79. The van der Waals surface area contributed by atoms with Crippen LogP contribution in [0.1, 0.15) is 19.3 Å². The molecule has 5 heteroatoms. The fraction of sp³-hybridized carbons (Fsp3) is 0.409. The molecule has 2 N–H and O–H groups in total. The van der Waals surface area contributed by atoms with Crippen LogP contribution in [0.5, 0.6) is 5.75 Å². The predicted octanol–water partition coefficient (Wildman–Crippen LogP) is 3.97. The maximum Gasteiger partial charge on any atom is 0.321 e. The summed E-state index contributed by atoms with van der Waals surface area (Å²) in [4.78, 5) is 14.9. The zero-order valence-electron chi connectivity index (χ0n) is 15.8. The predicted molar refractivity (Wildman–Crippen MR) is 108 cm³/mol. The van der Waals surface area contributed by atoms with E-state index < -0.39 is 0 Å². The van der Waals surface area contributed by atoms with E-state index in [1.807, 2.05) is 41.3 Å². The van der Waals surface area contributed by atoms with Gasteiger partial charge in [0.25, 0.3) is 0 Å². The molecule has 4 rings (SSSR count). The molecule has 2 aliphatic heterocycles. The quantitative estimate of drug-likeness (QED) is 0.865. The molecule has 2 aliphatic rings. The molecule has 142 valence electrons. The van der Waals surface area contributed by atoms with E-state index in [1.165, 1.54) is 6.42 Å². The van der Waals surface area contributed by atoms with E-state index in [2.05, 4.69) is 22.8 Å². The smallest absolute Gasteiger partial charge is 0.321 e. The van der Waals surface area contributed by atoms with Gasteiger partial charge in [0.05, 0.1) is 12.8 Å². The van der Waals surface area contributed by atoms with Crippen LogP contribution in [-0.2, 0) is 0 Å². The van der Waals surface area contributed by atoms with Gasteiger partial charge in [-0.3, -0.25) is 0 Å². The van der Waals surface area contributed by atoms with Crippen molar-refractivity contribution in [2.45, 2.75) is 19.3 Å². The summed E-state index contributed by atoms with van der Waals surface area (Å²) in [6.07, 6.45) is 3.43. The molecule has 2 aromatic carbocycles. The Morgan fingerprint density at radius 1 is 1.15 bits per heavy atom. The minimum atomic E-state index is -0.0375. The standard InChI is InChI=1S/C22H27N3O2/c1-27-20-9-8-18(17-6-3-2-4-7-17)14-19(20)24-21(26)25-13-5-10-22(16-25)11-12-23-15-22/h2-4,6-9,14,23H,5,10-13,15-16H2,1H3,(H,24,26)/t22-/m1/s1. The molecular weight excluding hydrogens is 338 g/mol. The molecule has 0 radical (unpaired) electrons. The van der Waals surface area contributed by atoms with Crippen LogP contribution in [0.3, 0.4) is 0 Å². The van der Waals surface area contributed by atoms with Crippen LogP contribution < -0.4 is 15.4 Å². The summed E-state index contributed by atoms with van der Waals surface area (Å²) in [5.74, 6) is 0.678. The SMILES string of the molecule is COc1ccc(-c2ccccc2)cc1NC(=O)N1CCC[C@]2(CCNC2)C1. The van der Waals surface area contributed by atoms with Gasteiger partial charge in [-0.15, -0.1) is 0 Å². The van der Waals surface area contributed by atoms with Crippen molar-refractivity contribution in [3.8, 4) is 16.9 Å². The van der Waals surface area contributed by atoms with Crippen molar-refractivity contribution in [1.82, 2.24) is 10.2 Å². The Hall–Kier alpha value is -2.53. The second kappa shape index (κ2) is 7.61. The van der Waals surface area contributed by atoms with E-state index in [0.717, 1.165) is 50.1 Å². The summed E-state index contributed by atoms with van der Waals surface area (Å²) in [6, 6.07) is 16.0. The minimum absolute atomic E-state index is 0.0375. The molecule has 0 aromatic heterocycles. The minimum Gasteiger partial charge on any atom is -0.495 e. The van der Waals surface area contributed by atoms with Gasteiger partial charge in [-0.2, -0.15) is 0 Å². The van der Waals surface area contributed by atoms with Crippen LogP contribution in [0.2, 0.25) is 0 Å². The van der Waals surface area contributed by atoms with Gasteiger partial charge in [-0.1, -0.05) is 36.4 Å². The zero-order valence-corrected chi connectivity index (χ0v) is 15.8. The fourth-order valence-corrected chi connectivity index (χ4v) is 4.34. The number of methoxy groups -OCH3 is 1. The first-order chi connectivity index (χ1) is 13.2. The highest BCUT2D eigenvalue weighted by Crippen LogP contribution is 2.36. The van der Waals surface area contributed by atoms with E-state index in [9.17, 15) is 4.79 Å². The molecule has 0 unspecified atom stereocenters. The summed E-state index contributed by atoms with van der Waals surface area (Å²) >= 11 is 0. The average molecular weight is 365 g/mol. The van der Waals surface area contributed by atoms with Gasteiger partial charge >= 0.3 is 6.03 Å². The van der Waals surface area contributed by atoms with E-state index in [1.54, 1.807) is 7.11 Å². The second-order valence-electron chi connectivity index (χ2n) is 7.66. The number of benzene rings is 2. The van der Waals surface area contributed by atoms with Gasteiger partial charge in [0, 0.05) is 25.0 Å². The van der Waals surface area contributed by atoms with Gasteiger partial charge in [0.2, 0.25) is 0 Å². The number of piperidine rings is 1. The Labute approximate surface area is 160 Å². The number of nitrogens with zero attached hydrogens (tertiary/aromatic N) is 1. The molecule has 2 fully saturated rings. The first kappa shape index (κ1) is 17.9. The van der Waals surface area contributed by atoms with Crippen molar-refractivity contribution < 1.29 is 9.53 Å². The van der Waals surface area contributed by atoms with Crippen LogP contribution in [0, 0.1) is 5.41 Å². The lowest BCUT2D eigenvalue weighted by molar-refractivity contribution is 0.125. The number of amides is 2. The third-order valence-corrected chi connectivity index (χ3v) is 5.83. The Bertz CT molecular complexity index is 800. The number of hydrogen-bond donors (Lipinski definition) is 2. The van der Waals surface area contributed by atoms with Crippen LogP contribution in [0.4, 0.5) is 10.5 Å². The van der Waals surface area contributed by atoms with Crippen LogP contribution in [-0.4, -0.2) is 44.2 Å². The van der Waals surface area contributed by atoms with Crippen molar-refractivity contribution in [1.29, 1.82) is 0 Å². The van der Waals surface area contributed by atoms with E-state index in [4.69, 9.17) is 4.74 Å². The van der Waals surface area contributed by atoms with Gasteiger partial charge in [0.15, 0.2) is 0 Å². The summed E-state index contributed by atoms with van der Waals surface area (Å²) in [7, 11) is 1.63. The molecule has 2 saturated heterocycles. The molecule has 5 nitrogen and oxygen atoms in total. The molecule has 2 heterocycles. The maximum absolute atomic E-state index is 13.0. The number of carbonyl (C=O) groups excluding carboxylic acids is 1. The van der Waals surface area contributed by atoms with Crippen molar-refractivity contribution in [3.05, 3.63) is 48.5 Å². The summed E-state index contributed by atoms with van der Waals surface area (Å²) in [6.45, 7) is 3.72. The second-order valence-corrected chi connectivity index (χ2v) is 7.66. The molecular formula is C22H27N3O2. The Morgan fingerprint density at radius 3 is 2.74 bits per heavy atom. The van der Waals surface area contributed by atoms with Crippen molar-refractivity contribution in [2.24, 2.45) is 5.41 Å². The molecule has 2 aromatic rings. The number of likely N-dealkylation sites (tertiary alicyclic amines) is 1. The highest BCUT2D eigenvalue weighted by Gasteiger charge is 2.39. The lowest BCUT2D eigenvalue weighted by Crippen LogP contribution is -2.48.